The Labute approximate surface area is 126 Å². The van der Waals surface area contributed by atoms with Crippen molar-refractivity contribution < 1.29 is 13.0 Å². The van der Waals surface area contributed by atoms with E-state index in [0.29, 0.717) is 0 Å². The predicted octanol–water partition coefficient (Wildman–Crippen LogP) is 4.25. The molecule has 0 radical (unpaired) electrons. The Morgan fingerprint density at radius 1 is 1.14 bits per heavy atom. The van der Waals surface area contributed by atoms with E-state index in [1.807, 2.05) is 32.1 Å². The van der Waals surface area contributed by atoms with Crippen molar-refractivity contribution in [3.05, 3.63) is 53.6 Å². The lowest BCUT2D eigenvalue weighted by Gasteiger charge is -2.21. The van der Waals surface area contributed by atoms with Crippen LogP contribution in [0.15, 0.2) is 47.4 Å². The summed E-state index contributed by atoms with van der Waals surface area (Å²) in [4.78, 5) is -0.0616. The van der Waals surface area contributed by atoms with E-state index >= 15 is 0 Å². The van der Waals surface area contributed by atoms with Crippen LogP contribution in [0.2, 0.25) is 0 Å². The van der Waals surface area contributed by atoms with Gasteiger partial charge in [0.25, 0.3) is 10.1 Å². The minimum atomic E-state index is -4.19. The van der Waals surface area contributed by atoms with Crippen molar-refractivity contribution in [2.24, 2.45) is 0 Å². The molecule has 3 nitrogen and oxygen atoms in total. The molecule has 4 heteroatoms. The molecule has 0 atom stereocenters. The van der Waals surface area contributed by atoms with Crippen molar-refractivity contribution in [1.82, 2.24) is 0 Å². The Bertz CT molecular complexity index is 815. The lowest BCUT2D eigenvalue weighted by Crippen LogP contribution is -2.13. The summed E-state index contributed by atoms with van der Waals surface area (Å²) in [5.74, 6) is 0. The van der Waals surface area contributed by atoms with E-state index in [2.05, 4.69) is 26.0 Å². The summed E-state index contributed by atoms with van der Waals surface area (Å²) < 4.78 is 32.0. The zero-order valence-corrected chi connectivity index (χ0v) is 13.5. The van der Waals surface area contributed by atoms with Crippen LogP contribution in [-0.2, 0) is 15.5 Å². The lowest BCUT2D eigenvalue weighted by molar-refractivity contribution is 0.483. The van der Waals surface area contributed by atoms with E-state index in [1.165, 1.54) is 12.1 Å². The fourth-order valence-electron chi connectivity index (χ4n) is 2.59. The number of allylic oxidation sites excluding steroid dienone is 2. The average molecular weight is 304 g/mol. The third kappa shape index (κ3) is 3.17. The minimum absolute atomic E-state index is 0.0616. The standard InChI is InChI=1S/C17H20O3S/c1-5-8-17(3,4)14-6-7-16-12(2)9-15(21(18,19)20)11-13(16)10-14/h5-11H,1-4H3,(H,18,19,20). The number of hydrogen-bond donors (Lipinski definition) is 1. The molecule has 2 aromatic carbocycles. The second-order valence-electron chi connectivity index (χ2n) is 5.87. The molecule has 21 heavy (non-hydrogen) atoms. The predicted molar refractivity (Wildman–Crippen MR) is 86.3 cm³/mol. The number of aryl methyl sites for hydroxylation is 1. The molecule has 0 aliphatic rings. The first-order chi connectivity index (χ1) is 9.65. The van der Waals surface area contributed by atoms with Crippen molar-refractivity contribution >= 4 is 20.9 Å². The Morgan fingerprint density at radius 2 is 1.81 bits per heavy atom. The third-order valence-electron chi connectivity index (χ3n) is 3.76. The van der Waals surface area contributed by atoms with Crippen LogP contribution >= 0.6 is 0 Å². The van der Waals surface area contributed by atoms with Crippen LogP contribution in [0.4, 0.5) is 0 Å². The van der Waals surface area contributed by atoms with Gasteiger partial charge in [0, 0.05) is 5.41 Å². The summed E-state index contributed by atoms with van der Waals surface area (Å²) in [6, 6.07) is 9.06. The van der Waals surface area contributed by atoms with Crippen LogP contribution in [0.3, 0.4) is 0 Å². The highest BCUT2D eigenvalue weighted by Gasteiger charge is 2.18. The van der Waals surface area contributed by atoms with Gasteiger partial charge in [-0.05, 0) is 47.9 Å². The van der Waals surface area contributed by atoms with Crippen molar-refractivity contribution in [3.8, 4) is 0 Å². The van der Waals surface area contributed by atoms with E-state index in [9.17, 15) is 13.0 Å². The molecule has 0 heterocycles. The van der Waals surface area contributed by atoms with Crippen LogP contribution < -0.4 is 0 Å². The van der Waals surface area contributed by atoms with Crippen molar-refractivity contribution in [2.45, 2.75) is 38.0 Å². The first-order valence-electron chi connectivity index (χ1n) is 6.81. The van der Waals surface area contributed by atoms with Gasteiger partial charge in [-0.15, -0.1) is 0 Å². The minimum Gasteiger partial charge on any atom is -0.282 e. The summed E-state index contributed by atoms with van der Waals surface area (Å²) in [6.45, 7) is 8.03. The molecule has 0 aliphatic carbocycles. The molecule has 2 aromatic rings. The molecular formula is C17H20O3S. The second kappa shape index (κ2) is 5.28. The highest BCUT2D eigenvalue weighted by molar-refractivity contribution is 7.85. The number of rotatable bonds is 3. The van der Waals surface area contributed by atoms with Gasteiger partial charge in [-0.2, -0.15) is 8.42 Å². The molecule has 0 aliphatic heterocycles. The maximum Gasteiger partial charge on any atom is 0.294 e. The van der Waals surface area contributed by atoms with Crippen molar-refractivity contribution in [2.75, 3.05) is 0 Å². The number of fused-ring (bicyclic) bond motifs is 1. The highest BCUT2D eigenvalue weighted by atomic mass is 32.2. The Balaban J connectivity index is 2.72. The van der Waals surface area contributed by atoms with Gasteiger partial charge in [0.15, 0.2) is 0 Å². The second-order valence-corrected chi connectivity index (χ2v) is 7.29. The number of benzene rings is 2. The topological polar surface area (TPSA) is 54.4 Å². The molecule has 0 aromatic heterocycles. The molecule has 0 saturated heterocycles. The molecule has 0 bridgehead atoms. The fraction of sp³-hybridized carbons (Fsp3) is 0.294. The normalized spacial score (nSPS) is 13.2. The molecule has 112 valence electrons. The average Bonchev–Trinajstić information content (AvgIpc) is 2.36. The quantitative estimate of drug-likeness (QED) is 0.681. The van der Waals surface area contributed by atoms with Gasteiger partial charge in [0.1, 0.15) is 0 Å². The zero-order valence-electron chi connectivity index (χ0n) is 12.7. The van der Waals surface area contributed by atoms with E-state index in [1.54, 1.807) is 0 Å². The van der Waals surface area contributed by atoms with E-state index in [0.717, 1.165) is 21.9 Å². The molecule has 0 fully saturated rings. The zero-order chi connectivity index (χ0) is 15.8. The molecule has 0 unspecified atom stereocenters. The van der Waals surface area contributed by atoms with Crippen molar-refractivity contribution in [3.63, 3.8) is 0 Å². The first-order valence-corrected chi connectivity index (χ1v) is 8.25. The summed E-state index contributed by atoms with van der Waals surface area (Å²) in [6.07, 6.45) is 4.11. The summed E-state index contributed by atoms with van der Waals surface area (Å²) in [7, 11) is -4.19. The van der Waals surface area contributed by atoms with Gasteiger partial charge >= 0.3 is 0 Å². The molecular weight excluding hydrogens is 284 g/mol. The van der Waals surface area contributed by atoms with Gasteiger partial charge in [-0.3, -0.25) is 4.55 Å². The Kier molecular flexibility index (Phi) is 3.95. The molecule has 0 spiro atoms. The Morgan fingerprint density at radius 3 is 2.38 bits per heavy atom. The third-order valence-corrected chi connectivity index (χ3v) is 4.59. The summed E-state index contributed by atoms with van der Waals surface area (Å²) in [5.41, 5.74) is 1.79. The van der Waals surface area contributed by atoms with Crippen LogP contribution in [0, 0.1) is 6.92 Å². The molecule has 0 saturated carbocycles. The highest BCUT2D eigenvalue weighted by Crippen LogP contribution is 2.30. The van der Waals surface area contributed by atoms with Gasteiger partial charge in [0.2, 0.25) is 0 Å². The number of hydrogen-bond acceptors (Lipinski definition) is 2. The van der Waals surface area contributed by atoms with Gasteiger partial charge in [-0.1, -0.05) is 44.2 Å². The SMILES string of the molecule is CC=CC(C)(C)c1ccc2c(C)cc(S(=O)(=O)O)cc2c1. The van der Waals surface area contributed by atoms with E-state index < -0.39 is 10.1 Å². The molecule has 1 N–H and O–H groups in total. The lowest BCUT2D eigenvalue weighted by atomic mass is 9.83. The largest absolute Gasteiger partial charge is 0.294 e. The summed E-state index contributed by atoms with van der Waals surface area (Å²) in [5, 5.41) is 1.81. The smallest absolute Gasteiger partial charge is 0.282 e. The fourth-order valence-corrected chi connectivity index (χ4v) is 3.19. The molecule has 2 rings (SSSR count). The van der Waals surface area contributed by atoms with Crippen LogP contribution in [0.1, 0.15) is 31.9 Å². The van der Waals surface area contributed by atoms with Crippen LogP contribution in [0.25, 0.3) is 10.8 Å². The van der Waals surface area contributed by atoms with Gasteiger partial charge in [-0.25, -0.2) is 0 Å². The monoisotopic (exact) mass is 304 g/mol. The van der Waals surface area contributed by atoms with Gasteiger partial charge < -0.3 is 0 Å². The van der Waals surface area contributed by atoms with Crippen LogP contribution in [0.5, 0.6) is 0 Å². The van der Waals surface area contributed by atoms with E-state index in [4.69, 9.17) is 0 Å². The maximum atomic E-state index is 11.4. The van der Waals surface area contributed by atoms with Crippen molar-refractivity contribution in [1.29, 1.82) is 0 Å². The maximum absolute atomic E-state index is 11.4. The van der Waals surface area contributed by atoms with Gasteiger partial charge in [0.05, 0.1) is 4.90 Å². The molecule has 0 amide bonds. The Hall–Kier alpha value is -1.65. The van der Waals surface area contributed by atoms with E-state index in [-0.39, 0.29) is 10.3 Å². The first kappa shape index (κ1) is 15.7. The van der Waals surface area contributed by atoms with Crippen LogP contribution in [-0.4, -0.2) is 13.0 Å². The summed E-state index contributed by atoms with van der Waals surface area (Å²) >= 11 is 0.